The topological polar surface area (TPSA) is 81.6 Å². The van der Waals surface area contributed by atoms with Gasteiger partial charge in [0.2, 0.25) is 5.91 Å². The number of carbonyl (C=O) groups excluding carboxylic acids is 1. The molecule has 1 saturated heterocycles. The molecule has 1 atom stereocenters. The van der Waals surface area contributed by atoms with Crippen LogP contribution in [0.1, 0.15) is 6.42 Å². The second-order valence-corrected chi connectivity index (χ2v) is 6.13. The Bertz CT molecular complexity index is 740. The summed E-state index contributed by atoms with van der Waals surface area (Å²) in [5, 5.41) is 9.24. The molecule has 1 unspecified atom stereocenters. The smallest absolute Gasteiger partial charge is 0.243 e. The molecule has 0 radical (unpaired) electrons. The van der Waals surface area contributed by atoms with Crippen molar-refractivity contribution in [3.05, 3.63) is 54.9 Å². The summed E-state index contributed by atoms with van der Waals surface area (Å²) >= 11 is 0. The van der Waals surface area contributed by atoms with Crippen molar-refractivity contribution in [2.75, 3.05) is 36.9 Å². The van der Waals surface area contributed by atoms with Crippen molar-refractivity contribution in [1.82, 2.24) is 15.6 Å². The fourth-order valence-corrected chi connectivity index (χ4v) is 2.95. The number of pyridine rings is 1. The third-order valence-corrected chi connectivity index (χ3v) is 4.24. The van der Waals surface area contributed by atoms with Gasteiger partial charge in [0.1, 0.15) is 0 Å². The number of hydrogen-bond donors (Lipinski definition) is 3. The van der Waals surface area contributed by atoms with E-state index in [0.717, 1.165) is 19.5 Å². The first-order valence-electron chi connectivity index (χ1n) is 8.71. The largest absolute Gasteiger partial charge is 0.369 e. The summed E-state index contributed by atoms with van der Waals surface area (Å²) in [5.41, 5.74) is 1.91. The van der Waals surface area contributed by atoms with Crippen molar-refractivity contribution in [2.24, 2.45) is 4.99 Å². The number of hydrogen-bond acceptors (Lipinski definition) is 4. The van der Waals surface area contributed by atoms with E-state index >= 15 is 0 Å². The Kier molecular flexibility index (Phi) is 8.31. The van der Waals surface area contributed by atoms with Crippen LogP contribution < -0.4 is 20.9 Å². The highest BCUT2D eigenvalue weighted by molar-refractivity contribution is 14.0. The van der Waals surface area contributed by atoms with E-state index in [1.807, 2.05) is 6.07 Å². The number of nitrogens with zero attached hydrogens (tertiary/aromatic N) is 3. The van der Waals surface area contributed by atoms with E-state index in [4.69, 9.17) is 0 Å². The molecule has 1 amide bonds. The van der Waals surface area contributed by atoms with E-state index in [-0.39, 0.29) is 36.4 Å². The van der Waals surface area contributed by atoms with Crippen LogP contribution in [0, 0.1) is 0 Å². The molecule has 1 fully saturated rings. The quantitative estimate of drug-likeness (QED) is 0.347. The summed E-state index contributed by atoms with van der Waals surface area (Å²) in [7, 11) is 1.71. The number of rotatable bonds is 5. The van der Waals surface area contributed by atoms with Gasteiger partial charge in [-0.3, -0.25) is 14.8 Å². The average Bonchev–Trinajstić information content (AvgIpc) is 3.15. The molecule has 2 aromatic rings. The zero-order chi connectivity index (χ0) is 18.2. The van der Waals surface area contributed by atoms with Crippen molar-refractivity contribution in [3.8, 4) is 0 Å². The Morgan fingerprint density at radius 3 is 2.78 bits per heavy atom. The molecule has 1 aliphatic heterocycles. The average molecular weight is 480 g/mol. The number of para-hydroxylation sites is 1. The van der Waals surface area contributed by atoms with E-state index in [9.17, 15) is 4.79 Å². The number of anilines is 2. The van der Waals surface area contributed by atoms with Crippen LogP contribution in [0.5, 0.6) is 0 Å². The molecular weight excluding hydrogens is 455 g/mol. The molecule has 1 aliphatic rings. The van der Waals surface area contributed by atoms with Gasteiger partial charge in [0.25, 0.3) is 0 Å². The van der Waals surface area contributed by atoms with E-state index in [1.165, 1.54) is 5.69 Å². The molecule has 7 nitrogen and oxygen atoms in total. The number of benzene rings is 1. The predicted octanol–water partition coefficient (Wildman–Crippen LogP) is 2.08. The summed E-state index contributed by atoms with van der Waals surface area (Å²) in [6.45, 7) is 2.05. The maximum atomic E-state index is 12.0. The molecule has 0 bridgehead atoms. The second-order valence-electron chi connectivity index (χ2n) is 6.13. The van der Waals surface area contributed by atoms with Crippen molar-refractivity contribution in [1.29, 1.82) is 0 Å². The zero-order valence-electron chi connectivity index (χ0n) is 15.3. The minimum absolute atomic E-state index is 0. The van der Waals surface area contributed by atoms with Gasteiger partial charge in [0, 0.05) is 38.1 Å². The maximum Gasteiger partial charge on any atom is 0.243 e. The molecule has 0 spiro atoms. The fraction of sp³-hybridized carbons (Fsp3) is 0.316. The van der Waals surface area contributed by atoms with Gasteiger partial charge in [-0.15, -0.1) is 24.0 Å². The molecule has 0 aliphatic carbocycles. The first kappa shape index (κ1) is 20.9. The Hall–Kier alpha value is -2.36. The molecule has 27 heavy (non-hydrogen) atoms. The Labute approximate surface area is 176 Å². The number of amides is 1. The highest BCUT2D eigenvalue weighted by Gasteiger charge is 2.23. The summed E-state index contributed by atoms with van der Waals surface area (Å²) in [6, 6.07) is 14.3. The standard InChI is InChI=1S/C19H24N6O.HI/c1-20-19(22-13-18(26)23-15-6-5-10-21-12-15)24-16-9-11-25(14-16)17-7-3-2-4-8-17;/h2-8,10,12,16H,9,11,13-14H2,1H3,(H,23,26)(H2,20,22,24);1H. The summed E-state index contributed by atoms with van der Waals surface area (Å²) in [6.07, 6.45) is 4.30. The zero-order valence-corrected chi connectivity index (χ0v) is 17.6. The van der Waals surface area contributed by atoms with E-state index in [2.05, 4.69) is 55.1 Å². The minimum Gasteiger partial charge on any atom is -0.369 e. The maximum absolute atomic E-state index is 12.0. The number of aromatic nitrogens is 1. The molecular formula is C19H25IN6O. The van der Waals surface area contributed by atoms with E-state index in [1.54, 1.807) is 31.6 Å². The molecule has 0 saturated carbocycles. The van der Waals surface area contributed by atoms with Crippen LogP contribution in [0.15, 0.2) is 59.9 Å². The normalized spacial score (nSPS) is 16.4. The SMILES string of the molecule is CN=C(NCC(=O)Nc1cccnc1)NC1CCN(c2ccccc2)C1.I. The minimum atomic E-state index is -0.140. The molecule has 8 heteroatoms. The van der Waals surface area contributed by atoms with Crippen molar-refractivity contribution >= 4 is 47.2 Å². The summed E-state index contributed by atoms with van der Waals surface area (Å²) in [5.74, 6) is 0.490. The number of halogens is 1. The molecule has 3 N–H and O–H groups in total. The van der Waals surface area contributed by atoms with Gasteiger partial charge >= 0.3 is 0 Å². The van der Waals surface area contributed by atoms with E-state index < -0.39 is 0 Å². The first-order chi connectivity index (χ1) is 12.7. The number of carbonyl (C=O) groups is 1. The molecule has 1 aromatic carbocycles. The monoisotopic (exact) mass is 480 g/mol. The van der Waals surface area contributed by atoms with Crippen LogP contribution >= 0.6 is 24.0 Å². The number of guanidine groups is 1. The third kappa shape index (κ3) is 6.38. The Morgan fingerprint density at radius 1 is 1.26 bits per heavy atom. The van der Waals surface area contributed by atoms with Gasteiger partial charge in [-0.05, 0) is 30.7 Å². The van der Waals surface area contributed by atoms with Crippen LogP contribution in [-0.2, 0) is 4.79 Å². The van der Waals surface area contributed by atoms with Crippen molar-refractivity contribution in [2.45, 2.75) is 12.5 Å². The lowest BCUT2D eigenvalue weighted by molar-refractivity contribution is -0.115. The first-order valence-corrected chi connectivity index (χ1v) is 8.71. The number of aliphatic imine (C=N–C) groups is 1. The summed E-state index contributed by atoms with van der Waals surface area (Å²) < 4.78 is 0. The van der Waals surface area contributed by atoms with Gasteiger partial charge in [0.05, 0.1) is 18.4 Å². The Balaban J connectivity index is 0.00000261. The third-order valence-electron chi connectivity index (χ3n) is 4.24. The lowest BCUT2D eigenvalue weighted by atomic mass is 10.3. The van der Waals surface area contributed by atoms with E-state index in [0.29, 0.717) is 17.7 Å². The molecule has 144 valence electrons. The van der Waals surface area contributed by atoms with Crippen LogP contribution in [-0.4, -0.2) is 49.6 Å². The highest BCUT2D eigenvalue weighted by Crippen LogP contribution is 2.19. The Morgan fingerprint density at radius 2 is 2.07 bits per heavy atom. The lowest BCUT2D eigenvalue weighted by Gasteiger charge is -2.20. The molecule has 3 rings (SSSR count). The van der Waals surface area contributed by atoms with Crippen LogP contribution in [0.4, 0.5) is 11.4 Å². The fourth-order valence-electron chi connectivity index (χ4n) is 2.95. The summed E-state index contributed by atoms with van der Waals surface area (Å²) in [4.78, 5) is 22.5. The highest BCUT2D eigenvalue weighted by atomic mass is 127. The van der Waals surface area contributed by atoms with Gasteiger partial charge in [-0.2, -0.15) is 0 Å². The van der Waals surface area contributed by atoms with Crippen LogP contribution in [0.2, 0.25) is 0 Å². The molecule has 1 aromatic heterocycles. The van der Waals surface area contributed by atoms with Gasteiger partial charge in [-0.25, -0.2) is 0 Å². The van der Waals surface area contributed by atoms with Crippen LogP contribution in [0.25, 0.3) is 0 Å². The van der Waals surface area contributed by atoms with Gasteiger partial charge in [0.15, 0.2) is 5.96 Å². The molecule has 2 heterocycles. The predicted molar refractivity (Wildman–Crippen MR) is 120 cm³/mol. The number of nitrogens with one attached hydrogen (secondary N) is 3. The van der Waals surface area contributed by atoms with Crippen molar-refractivity contribution in [3.63, 3.8) is 0 Å². The second kappa shape index (κ2) is 10.7. The van der Waals surface area contributed by atoms with Crippen molar-refractivity contribution < 1.29 is 4.79 Å². The lowest BCUT2D eigenvalue weighted by Crippen LogP contribution is -2.46. The van der Waals surface area contributed by atoms with Crippen LogP contribution in [0.3, 0.4) is 0 Å². The van der Waals surface area contributed by atoms with Gasteiger partial charge < -0.3 is 20.9 Å². The van der Waals surface area contributed by atoms with Gasteiger partial charge in [-0.1, -0.05) is 18.2 Å².